The first-order chi connectivity index (χ1) is 14.5. The molecule has 0 spiro atoms. The number of primary amides is 1. The normalized spacial score (nSPS) is 14.3. The second kappa shape index (κ2) is 9.60. The highest BCUT2D eigenvalue weighted by atomic mass is 16.6. The number of carbonyl (C=O) groups is 2. The van der Waals surface area contributed by atoms with Crippen LogP contribution >= 0.6 is 0 Å². The first-order valence-electron chi connectivity index (χ1n) is 9.44. The van der Waals surface area contributed by atoms with Crippen LogP contribution < -0.4 is 19.9 Å². The predicted molar refractivity (Wildman–Crippen MR) is 111 cm³/mol. The maximum absolute atomic E-state index is 12.2. The van der Waals surface area contributed by atoms with Gasteiger partial charge in [0.15, 0.2) is 23.8 Å². The summed E-state index contributed by atoms with van der Waals surface area (Å²) < 4.78 is 21.7. The van der Waals surface area contributed by atoms with Crippen molar-refractivity contribution in [2.45, 2.75) is 13.8 Å². The Hall–Kier alpha value is -3.81. The van der Waals surface area contributed by atoms with E-state index in [1.165, 1.54) is 0 Å². The number of benzene rings is 2. The van der Waals surface area contributed by atoms with Crippen LogP contribution in [0.5, 0.6) is 17.2 Å². The van der Waals surface area contributed by atoms with E-state index >= 15 is 0 Å². The first-order valence-corrected chi connectivity index (χ1v) is 9.44. The molecule has 0 saturated carbocycles. The van der Waals surface area contributed by atoms with Gasteiger partial charge in [-0.2, -0.15) is 0 Å². The van der Waals surface area contributed by atoms with Crippen molar-refractivity contribution >= 4 is 23.9 Å². The topological polar surface area (TPSA) is 109 Å². The number of nitrogens with zero attached hydrogens (tertiary/aromatic N) is 1. The summed E-state index contributed by atoms with van der Waals surface area (Å²) in [5, 5.41) is 0. The fourth-order valence-corrected chi connectivity index (χ4v) is 2.69. The summed E-state index contributed by atoms with van der Waals surface area (Å²) >= 11 is 0. The van der Waals surface area contributed by atoms with E-state index in [1.54, 1.807) is 48.5 Å². The van der Waals surface area contributed by atoms with E-state index < -0.39 is 11.9 Å². The van der Waals surface area contributed by atoms with E-state index in [-0.39, 0.29) is 18.2 Å². The van der Waals surface area contributed by atoms with Crippen LogP contribution in [-0.2, 0) is 14.3 Å². The van der Waals surface area contributed by atoms with Gasteiger partial charge in [0, 0.05) is 5.56 Å². The minimum atomic E-state index is -0.557. The van der Waals surface area contributed by atoms with Gasteiger partial charge in [0.05, 0.1) is 13.2 Å². The third-order valence-electron chi connectivity index (χ3n) is 3.98. The minimum Gasteiger partial charge on any atom is -0.490 e. The summed E-state index contributed by atoms with van der Waals surface area (Å²) in [6, 6.07) is 12.0. The summed E-state index contributed by atoms with van der Waals surface area (Å²) in [6.45, 7) is 4.54. The van der Waals surface area contributed by atoms with Crippen molar-refractivity contribution in [3.8, 4) is 17.2 Å². The summed E-state index contributed by atoms with van der Waals surface area (Å²) in [7, 11) is 0. The smallest absolute Gasteiger partial charge is 0.363 e. The molecular weight excluding hydrogens is 388 g/mol. The lowest BCUT2D eigenvalue weighted by Gasteiger charge is -2.11. The Balaban J connectivity index is 1.80. The van der Waals surface area contributed by atoms with E-state index in [0.29, 0.717) is 36.0 Å². The van der Waals surface area contributed by atoms with Crippen LogP contribution in [0.3, 0.4) is 0 Å². The van der Waals surface area contributed by atoms with Gasteiger partial charge in [0.2, 0.25) is 5.90 Å². The maximum atomic E-state index is 12.2. The molecule has 1 aliphatic rings. The quantitative estimate of drug-likeness (QED) is 0.503. The number of hydrogen-bond acceptors (Lipinski definition) is 7. The zero-order valence-corrected chi connectivity index (χ0v) is 16.7. The van der Waals surface area contributed by atoms with E-state index in [2.05, 4.69) is 4.99 Å². The van der Waals surface area contributed by atoms with Crippen LogP contribution in [-0.4, -0.2) is 37.6 Å². The average molecular weight is 410 g/mol. The fourth-order valence-electron chi connectivity index (χ4n) is 2.69. The van der Waals surface area contributed by atoms with Gasteiger partial charge in [-0.05, 0) is 55.8 Å². The molecule has 2 aromatic rings. The number of amides is 1. The molecule has 1 aliphatic heterocycles. The Bertz CT molecular complexity index is 995. The van der Waals surface area contributed by atoms with Gasteiger partial charge < -0.3 is 24.7 Å². The summed E-state index contributed by atoms with van der Waals surface area (Å²) in [5.74, 6) is 0.745. The van der Waals surface area contributed by atoms with Crippen LogP contribution in [0.25, 0.3) is 6.08 Å². The monoisotopic (exact) mass is 410 g/mol. The number of nitrogens with two attached hydrogens (primary N) is 1. The molecule has 8 nitrogen and oxygen atoms in total. The molecule has 0 atom stereocenters. The van der Waals surface area contributed by atoms with Crippen molar-refractivity contribution in [2.24, 2.45) is 10.7 Å². The lowest BCUT2D eigenvalue weighted by atomic mass is 10.2. The van der Waals surface area contributed by atoms with Crippen molar-refractivity contribution in [3.63, 3.8) is 0 Å². The van der Waals surface area contributed by atoms with Gasteiger partial charge in [0.1, 0.15) is 5.75 Å². The largest absolute Gasteiger partial charge is 0.490 e. The molecule has 0 unspecified atom stereocenters. The van der Waals surface area contributed by atoms with Gasteiger partial charge in [-0.15, -0.1) is 0 Å². The van der Waals surface area contributed by atoms with Gasteiger partial charge in [-0.25, -0.2) is 9.79 Å². The molecule has 30 heavy (non-hydrogen) atoms. The third kappa shape index (κ3) is 5.16. The van der Waals surface area contributed by atoms with Crippen molar-refractivity contribution in [2.75, 3.05) is 19.8 Å². The average Bonchev–Trinajstić information content (AvgIpc) is 3.09. The highest BCUT2D eigenvalue weighted by Gasteiger charge is 2.25. The van der Waals surface area contributed by atoms with Crippen molar-refractivity contribution in [1.82, 2.24) is 0 Å². The zero-order valence-electron chi connectivity index (χ0n) is 16.7. The summed E-state index contributed by atoms with van der Waals surface area (Å²) in [5.41, 5.74) is 6.55. The number of aliphatic imine (C=N–C) groups is 1. The van der Waals surface area contributed by atoms with E-state index in [9.17, 15) is 9.59 Å². The second-order valence-corrected chi connectivity index (χ2v) is 6.19. The second-order valence-electron chi connectivity index (χ2n) is 6.19. The zero-order chi connectivity index (χ0) is 21.5. The lowest BCUT2D eigenvalue weighted by molar-refractivity contribution is -0.130. The lowest BCUT2D eigenvalue weighted by Crippen LogP contribution is -2.19. The molecule has 156 valence electrons. The first kappa shape index (κ1) is 20.9. The molecule has 0 bridgehead atoms. The van der Waals surface area contributed by atoms with Crippen molar-refractivity contribution < 1.29 is 28.5 Å². The standard InChI is InChI=1S/C22H22N2O6/c1-3-27-18-10-7-15(12-19(18)28-4-2)21-24-17(22(26)30-21)11-14-5-8-16(9-6-14)29-13-20(23)25/h5-12H,3-4,13H2,1-2H3,(H2,23,25)/b17-11-. The molecule has 0 fully saturated rings. The Morgan fingerprint density at radius 1 is 1.03 bits per heavy atom. The van der Waals surface area contributed by atoms with Crippen LogP contribution in [0.1, 0.15) is 25.0 Å². The van der Waals surface area contributed by atoms with Crippen molar-refractivity contribution in [1.29, 1.82) is 0 Å². The number of hydrogen-bond donors (Lipinski definition) is 1. The molecule has 0 saturated heterocycles. The predicted octanol–water partition coefficient (Wildman–Crippen LogP) is 2.69. The highest BCUT2D eigenvalue weighted by Crippen LogP contribution is 2.30. The van der Waals surface area contributed by atoms with Gasteiger partial charge in [-0.3, -0.25) is 4.79 Å². The number of cyclic esters (lactones) is 1. The van der Waals surface area contributed by atoms with Crippen LogP contribution in [0, 0.1) is 0 Å². The summed E-state index contributed by atoms with van der Waals surface area (Å²) in [4.78, 5) is 27.3. The Morgan fingerprint density at radius 2 is 1.73 bits per heavy atom. The minimum absolute atomic E-state index is 0.169. The number of rotatable bonds is 9. The molecule has 1 heterocycles. The Kier molecular flexibility index (Phi) is 6.69. The molecule has 2 N–H and O–H groups in total. The van der Waals surface area contributed by atoms with Crippen LogP contribution in [0.2, 0.25) is 0 Å². The number of esters is 1. The molecule has 0 aromatic heterocycles. The number of carbonyl (C=O) groups excluding carboxylic acids is 2. The molecule has 1 amide bonds. The van der Waals surface area contributed by atoms with E-state index in [4.69, 9.17) is 24.7 Å². The van der Waals surface area contributed by atoms with Crippen LogP contribution in [0.15, 0.2) is 53.2 Å². The molecule has 8 heteroatoms. The molecular formula is C22H22N2O6. The van der Waals surface area contributed by atoms with E-state index in [1.807, 2.05) is 13.8 Å². The Labute approximate surface area is 173 Å². The van der Waals surface area contributed by atoms with Gasteiger partial charge in [-0.1, -0.05) is 12.1 Å². The Morgan fingerprint density at radius 3 is 2.40 bits per heavy atom. The van der Waals surface area contributed by atoms with E-state index in [0.717, 1.165) is 5.56 Å². The van der Waals surface area contributed by atoms with Gasteiger partial charge in [0.25, 0.3) is 5.91 Å². The SMILES string of the molecule is CCOc1ccc(C2=N/C(=C\c3ccc(OCC(N)=O)cc3)C(=O)O2)cc1OCC. The third-order valence-corrected chi connectivity index (χ3v) is 3.98. The highest BCUT2D eigenvalue weighted by molar-refractivity contribution is 6.13. The molecule has 0 aliphatic carbocycles. The van der Waals surface area contributed by atoms with Gasteiger partial charge >= 0.3 is 5.97 Å². The van der Waals surface area contributed by atoms with Crippen LogP contribution in [0.4, 0.5) is 0 Å². The van der Waals surface area contributed by atoms with Crippen molar-refractivity contribution in [3.05, 3.63) is 59.3 Å². The molecule has 3 rings (SSSR count). The maximum Gasteiger partial charge on any atom is 0.363 e. The molecule has 2 aromatic carbocycles. The molecule has 0 radical (unpaired) electrons. The summed E-state index contributed by atoms with van der Waals surface area (Å²) in [6.07, 6.45) is 1.60. The fraction of sp³-hybridized carbons (Fsp3) is 0.227. The number of ether oxygens (including phenoxy) is 4.